The molecule has 108 valence electrons. The van der Waals surface area contributed by atoms with Crippen LogP contribution in [0, 0.1) is 0 Å². The molecule has 0 aromatic heterocycles. The zero-order chi connectivity index (χ0) is 14.8. The van der Waals surface area contributed by atoms with Crippen LogP contribution in [0.2, 0.25) is 0 Å². The highest BCUT2D eigenvalue weighted by molar-refractivity contribution is 5.98. The summed E-state index contributed by atoms with van der Waals surface area (Å²) in [6.07, 6.45) is 0.814. The Morgan fingerprint density at radius 2 is 1.95 bits per heavy atom. The number of carbonyl (C=O) groups is 2. The standard InChI is InChI=1S/C15H21N3O2/c1-15(2,14(20)18-9-8-12(16)10-18)17-13(19)11-6-4-3-5-7-11/h3-7,12H,8-10,16H2,1-2H3,(H,17,19). The predicted molar refractivity (Wildman–Crippen MR) is 77.2 cm³/mol. The number of nitrogens with zero attached hydrogens (tertiary/aromatic N) is 1. The molecule has 1 aromatic rings. The zero-order valence-electron chi connectivity index (χ0n) is 11.9. The summed E-state index contributed by atoms with van der Waals surface area (Å²) in [5.74, 6) is -0.331. The van der Waals surface area contributed by atoms with Crippen LogP contribution in [0.15, 0.2) is 30.3 Å². The molecule has 2 rings (SSSR count). The first kappa shape index (κ1) is 14.5. The predicted octanol–water partition coefficient (Wildman–Crippen LogP) is 0.755. The molecule has 1 aliphatic rings. The van der Waals surface area contributed by atoms with Gasteiger partial charge in [0, 0.05) is 24.7 Å². The van der Waals surface area contributed by atoms with Crippen molar-refractivity contribution in [3.8, 4) is 0 Å². The van der Waals surface area contributed by atoms with E-state index in [0.717, 1.165) is 6.42 Å². The topological polar surface area (TPSA) is 75.4 Å². The number of carbonyl (C=O) groups excluding carboxylic acids is 2. The van der Waals surface area contributed by atoms with Crippen LogP contribution in [0.1, 0.15) is 30.6 Å². The average molecular weight is 275 g/mol. The molecule has 1 fully saturated rings. The summed E-state index contributed by atoms with van der Waals surface area (Å²) in [6, 6.07) is 8.92. The van der Waals surface area contributed by atoms with Gasteiger partial charge in [-0.05, 0) is 32.4 Å². The van der Waals surface area contributed by atoms with Crippen molar-refractivity contribution in [1.29, 1.82) is 0 Å². The monoisotopic (exact) mass is 275 g/mol. The van der Waals surface area contributed by atoms with E-state index in [2.05, 4.69) is 5.32 Å². The largest absolute Gasteiger partial charge is 0.339 e. The molecular weight excluding hydrogens is 254 g/mol. The van der Waals surface area contributed by atoms with Crippen molar-refractivity contribution in [2.75, 3.05) is 13.1 Å². The van der Waals surface area contributed by atoms with Crippen LogP contribution >= 0.6 is 0 Å². The fourth-order valence-electron chi connectivity index (χ4n) is 2.37. The van der Waals surface area contributed by atoms with Crippen molar-refractivity contribution in [2.45, 2.75) is 31.8 Å². The van der Waals surface area contributed by atoms with Gasteiger partial charge in [-0.1, -0.05) is 18.2 Å². The number of hydrogen-bond donors (Lipinski definition) is 2. The van der Waals surface area contributed by atoms with E-state index in [-0.39, 0.29) is 17.9 Å². The Morgan fingerprint density at radius 1 is 1.30 bits per heavy atom. The molecule has 5 heteroatoms. The number of nitrogens with one attached hydrogen (secondary N) is 1. The van der Waals surface area contributed by atoms with E-state index in [0.29, 0.717) is 18.7 Å². The first-order chi connectivity index (χ1) is 9.40. The SMILES string of the molecule is CC(C)(NC(=O)c1ccccc1)C(=O)N1CCC(N)C1. The van der Waals surface area contributed by atoms with Gasteiger partial charge in [-0.2, -0.15) is 0 Å². The van der Waals surface area contributed by atoms with Gasteiger partial charge in [-0.3, -0.25) is 9.59 Å². The van der Waals surface area contributed by atoms with Crippen molar-refractivity contribution in [1.82, 2.24) is 10.2 Å². The van der Waals surface area contributed by atoms with Gasteiger partial charge in [0.25, 0.3) is 5.91 Å². The summed E-state index contributed by atoms with van der Waals surface area (Å²) in [6.45, 7) is 4.66. The molecule has 1 unspecified atom stereocenters. The van der Waals surface area contributed by atoms with E-state index in [4.69, 9.17) is 5.73 Å². The lowest BCUT2D eigenvalue weighted by Crippen LogP contribution is -2.55. The molecule has 5 nitrogen and oxygen atoms in total. The minimum atomic E-state index is -0.934. The molecule has 1 heterocycles. The fourth-order valence-corrected chi connectivity index (χ4v) is 2.37. The Morgan fingerprint density at radius 3 is 2.50 bits per heavy atom. The maximum Gasteiger partial charge on any atom is 0.252 e. The van der Waals surface area contributed by atoms with Gasteiger partial charge < -0.3 is 16.0 Å². The lowest BCUT2D eigenvalue weighted by molar-refractivity contribution is -0.135. The highest BCUT2D eigenvalue weighted by atomic mass is 16.2. The summed E-state index contributed by atoms with van der Waals surface area (Å²) >= 11 is 0. The van der Waals surface area contributed by atoms with Gasteiger partial charge in [-0.25, -0.2) is 0 Å². The van der Waals surface area contributed by atoms with Crippen molar-refractivity contribution in [2.24, 2.45) is 5.73 Å². The van der Waals surface area contributed by atoms with Crippen LogP contribution in [-0.4, -0.2) is 41.4 Å². The molecule has 20 heavy (non-hydrogen) atoms. The van der Waals surface area contributed by atoms with Gasteiger partial charge in [0.05, 0.1) is 0 Å². The summed E-state index contributed by atoms with van der Waals surface area (Å²) in [5, 5.41) is 2.79. The Balaban J connectivity index is 2.03. The number of amides is 2. The Labute approximate surface area is 119 Å². The van der Waals surface area contributed by atoms with E-state index in [1.807, 2.05) is 6.07 Å². The number of hydrogen-bond acceptors (Lipinski definition) is 3. The number of rotatable bonds is 3. The molecular formula is C15H21N3O2. The molecule has 0 radical (unpaired) electrons. The highest BCUT2D eigenvalue weighted by Gasteiger charge is 2.36. The van der Waals surface area contributed by atoms with E-state index < -0.39 is 5.54 Å². The maximum atomic E-state index is 12.4. The third-order valence-corrected chi connectivity index (χ3v) is 3.51. The average Bonchev–Trinajstić information content (AvgIpc) is 2.85. The first-order valence-electron chi connectivity index (χ1n) is 6.82. The summed E-state index contributed by atoms with van der Waals surface area (Å²) in [5.41, 5.74) is 5.43. The van der Waals surface area contributed by atoms with Crippen LogP contribution in [0.25, 0.3) is 0 Å². The van der Waals surface area contributed by atoms with Gasteiger partial charge in [0.1, 0.15) is 5.54 Å². The number of likely N-dealkylation sites (tertiary alicyclic amines) is 1. The van der Waals surface area contributed by atoms with Crippen molar-refractivity contribution >= 4 is 11.8 Å². The molecule has 0 saturated carbocycles. The van der Waals surface area contributed by atoms with Gasteiger partial charge in [0.15, 0.2) is 0 Å². The van der Waals surface area contributed by atoms with E-state index in [1.165, 1.54) is 0 Å². The minimum absolute atomic E-state index is 0.0413. The number of nitrogens with two attached hydrogens (primary N) is 1. The highest BCUT2D eigenvalue weighted by Crippen LogP contribution is 2.15. The van der Waals surface area contributed by atoms with Gasteiger partial charge >= 0.3 is 0 Å². The summed E-state index contributed by atoms with van der Waals surface area (Å²) < 4.78 is 0. The number of benzene rings is 1. The maximum absolute atomic E-state index is 12.4. The molecule has 0 aliphatic carbocycles. The van der Waals surface area contributed by atoms with Crippen LogP contribution in [0.3, 0.4) is 0 Å². The molecule has 1 aliphatic heterocycles. The molecule has 0 bridgehead atoms. The summed E-state index contributed by atoms with van der Waals surface area (Å²) in [7, 11) is 0. The second-order valence-corrected chi connectivity index (χ2v) is 5.75. The molecule has 1 aromatic carbocycles. The Bertz CT molecular complexity index is 499. The Hall–Kier alpha value is -1.88. The molecule has 1 saturated heterocycles. The Kier molecular flexibility index (Phi) is 4.09. The lowest BCUT2D eigenvalue weighted by atomic mass is 10.0. The summed E-state index contributed by atoms with van der Waals surface area (Å²) in [4.78, 5) is 26.3. The molecule has 2 amide bonds. The first-order valence-corrected chi connectivity index (χ1v) is 6.82. The lowest BCUT2D eigenvalue weighted by Gasteiger charge is -2.30. The second-order valence-electron chi connectivity index (χ2n) is 5.75. The smallest absolute Gasteiger partial charge is 0.252 e. The van der Waals surface area contributed by atoms with Crippen LogP contribution < -0.4 is 11.1 Å². The minimum Gasteiger partial charge on any atom is -0.339 e. The van der Waals surface area contributed by atoms with Crippen LogP contribution in [0.4, 0.5) is 0 Å². The normalized spacial score (nSPS) is 18.9. The third kappa shape index (κ3) is 3.17. The van der Waals surface area contributed by atoms with Crippen molar-refractivity contribution < 1.29 is 9.59 Å². The van der Waals surface area contributed by atoms with E-state index >= 15 is 0 Å². The fraction of sp³-hybridized carbons (Fsp3) is 0.467. The van der Waals surface area contributed by atoms with E-state index in [1.54, 1.807) is 43.0 Å². The quantitative estimate of drug-likeness (QED) is 0.855. The van der Waals surface area contributed by atoms with Crippen LogP contribution in [-0.2, 0) is 4.79 Å². The zero-order valence-corrected chi connectivity index (χ0v) is 11.9. The van der Waals surface area contributed by atoms with Crippen molar-refractivity contribution in [3.63, 3.8) is 0 Å². The van der Waals surface area contributed by atoms with Gasteiger partial charge in [-0.15, -0.1) is 0 Å². The van der Waals surface area contributed by atoms with E-state index in [9.17, 15) is 9.59 Å². The second kappa shape index (κ2) is 5.63. The molecule has 1 atom stereocenters. The van der Waals surface area contributed by atoms with Crippen LogP contribution in [0.5, 0.6) is 0 Å². The van der Waals surface area contributed by atoms with Gasteiger partial charge in [0.2, 0.25) is 5.91 Å². The third-order valence-electron chi connectivity index (χ3n) is 3.51. The van der Waals surface area contributed by atoms with Crippen molar-refractivity contribution in [3.05, 3.63) is 35.9 Å². The molecule has 3 N–H and O–H groups in total. The molecule has 0 spiro atoms.